The largest absolute Gasteiger partial charge is 0.486 e. The standard InChI is InChI=1S/C43H38N3O.C39H36N3O.2C18H24NSi.2Ir/c1-25(2)35-23-31(30-19-18-28-12-7-8-13-29(28)22-30)24-36(26(3)4)40(35)46-39-17-10-9-16-38(39)44-42(46)34-15-11-14-32-33-20-21-37(27(5)6)45-43(33)47-41(32)34;1-23(2)31-21-27(26-13-8-7-9-14-26)22-32(24(3)4)36(31)42-35-18-11-10-17-34(35)40-38(42)30-16-12-15-28-29-19-20-33(25(5)6)41-39(29)43-37(28)30;2*1-14(2)11-16-12-17(15-9-7-6-8-10-15)19-13-18(16)20(3,4)5;;/h7-14,16-27H,1-6H3;7-15,17-25H,1-6H3;2*6-9,12-14H,11H2,1-5H3;;/q4*-1;;. The van der Waals surface area contributed by atoms with Gasteiger partial charge in [-0.2, -0.15) is 0 Å². The molecule has 0 amide bonds. The van der Waals surface area contributed by atoms with Crippen molar-refractivity contribution in [1.29, 1.82) is 0 Å². The molecule has 19 rings (SSSR count). The van der Waals surface area contributed by atoms with E-state index in [0.717, 1.165) is 124 Å². The third kappa shape index (κ3) is 20.5. The summed E-state index contributed by atoms with van der Waals surface area (Å²) in [4.78, 5) is 29.7. The van der Waals surface area contributed by atoms with Gasteiger partial charge in [0.1, 0.15) is 0 Å². The molecule has 8 heterocycles. The van der Waals surface area contributed by atoms with Crippen LogP contribution in [0.1, 0.15) is 191 Å². The van der Waals surface area contributed by atoms with Gasteiger partial charge in [0.15, 0.2) is 0 Å². The van der Waals surface area contributed by atoms with Crippen LogP contribution in [0, 0.1) is 36.1 Å². The molecule has 11 aromatic carbocycles. The SMILES string of the molecule is CC(C)Cc1cc(-c2[c-]cccc2)ncc1[Si](C)(C)C.CC(C)Cc1cc(-c2[c-]cccc2)ncc1[Si](C)(C)C.CC(C)c1ccc2c(n1)oc1c(-c3nc4ccccc4n3-c3c(C(C)C)cc(-c4ccc5ccccc5c4)cc3C(C)C)[c-]ccc12.CC(C)c1ccc2c(n1)oc1c(-c3nc4ccccc4n3-c3c(C(C)C)cc(-c4ccccc4)cc3C(C)C)[c-]ccc12.[Ir].[Ir]. The van der Waals surface area contributed by atoms with Gasteiger partial charge in [-0.05, 0) is 216 Å². The van der Waals surface area contributed by atoms with Gasteiger partial charge in [-0.15, -0.1) is 108 Å². The maximum atomic E-state index is 6.59. The summed E-state index contributed by atoms with van der Waals surface area (Å²) in [5.74, 6) is 4.71. The van der Waals surface area contributed by atoms with Crippen LogP contribution in [0.15, 0.2) is 276 Å². The van der Waals surface area contributed by atoms with E-state index in [1.807, 2.05) is 48.5 Å². The van der Waals surface area contributed by atoms with Crippen LogP contribution in [0.2, 0.25) is 39.3 Å². The van der Waals surface area contributed by atoms with Crippen LogP contribution in [-0.4, -0.2) is 55.2 Å². The fourth-order valence-corrected chi connectivity index (χ4v) is 21.2. The third-order valence-corrected chi connectivity index (χ3v) is 28.8. The number of pyridine rings is 4. The smallest absolute Gasteiger partial charge is 0.216 e. The van der Waals surface area contributed by atoms with Crippen molar-refractivity contribution in [2.24, 2.45) is 11.8 Å². The number of benzene rings is 11. The molecular weight excluding hydrogens is 2000 g/mol. The molecule has 0 aliphatic carbocycles. The summed E-state index contributed by atoms with van der Waals surface area (Å²) >= 11 is 0. The van der Waals surface area contributed by atoms with Gasteiger partial charge in [0.25, 0.3) is 0 Å². The van der Waals surface area contributed by atoms with Gasteiger partial charge in [0.05, 0.1) is 61.0 Å². The summed E-state index contributed by atoms with van der Waals surface area (Å²) in [6.07, 6.45) is 6.48. The number of aromatic nitrogens is 8. The van der Waals surface area contributed by atoms with Crippen molar-refractivity contribution in [2.45, 2.75) is 198 Å². The van der Waals surface area contributed by atoms with Gasteiger partial charge < -0.3 is 27.9 Å². The van der Waals surface area contributed by atoms with Crippen molar-refractivity contribution >= 4 is 103 Å². The number of hydrogen-bond acceptors (Lipinski definition) is 8. The van der Waals surface area contributed by atoms with Crippen molar-refractivity contribution in [3.63, 3.8) is 0 Å². The summed E-state index contributed by atoms with van der Waals surface area (Å²) in [6.45, 7) is 50.3. The Hall–Kier alpha value is -11.4. The Kier molecular flexibility index (Phi) is 30.0. The van der Waals surface area contributed by atoms with Crippen molar-refractivity contribution in [3.8, 4) is 78.9 Å². The Morgan fingerprint density at radius 1 is 0.326 bits per heavy atom. The zero-order valence-corrected chi connectivity index (χ0v) is 87.3. The fraction of sp³-hybridized carbons (Fsp3) is 0.271. The minimum absolute atomic E-state index is 0. The first-order valence-electron chi connectivity index (χ1n) is 46.6. The van der Waals surface area contributed by atoms with Gasteiger partial charge in [0.2, 0.25) is 11.4 Å². The number of hydrogen-bond donors (Lipinski definition) is 0. The summed E-state index contributed by atoms with van der Waals surface area (Å²) in [6, 6.07) is 103. The van der Waals surface area contributed by atoms with E-state index in [1.54, 1.807) is 0 Å². The van der Waals surface area contributed by atoms with E-state index in [1.165, 1.54) is 88.2 Å². The van der Waals surface area contributed by atoms with Crippen LogP contribution in [0.25, 0.3) is 156 Å². The van der Waals surface area contributed by atoms with Crippen molar-refractivity contribution in [3.05, 3.63) is 336 Å². The molecule has 19 aromatic rings. The number of rotatable bonds is 20. The van der Waals surface area contributed by atoms with E-state index in [0.29, 0.717) is 35.1 Å². The monoisotopic (exact) mass is 2120 g/mol. The molecule has 0 aliphatic heterocycles. The topological polar surface area (TPSA) is 113 Å². The summed E-state index contributed by atoms with van der Waals surface area (Å²) < 4.78 is 17.8. The molecule has 132 heavy (non-hydrogen) atoms. The Morgan fingerprint density at radius 3 is 1.10 bits per heavy atom. The predicted octanol–water partition coefficient (Wildman–Crippen LogP) is 31.4. The van der Waals surface area contributed by atoms with E-state index in [2.05, 4.69) is 412 Å². The molecule has 0 saturated carbocycles. The van der Waals surface area contributed by atoms with Crippen molar-refractivity contribution in [2.75, 3.05) is 0 Å². The molecule has 0 saturated heterocycles. The van der Waals surface area contributed by atoms with Gasteiger partial charge in [-0.3, -0.25) is 9.97 Å². The molecule has 0 bridgehead atoms. The first-order chi connectivity index (χ1) is 62.3. The van der Waals surface area contributed by atoms with Gasteiger partial charge in [-0.25, -0.2) is 9.97 Å². The van der Waals surface area contributed by atoms with Gasteiger partial charge in [-0.1, -0.05) is 286 Å². The normalized spacial score (nSPS) is 11.9. The Balaban J connectivity index is 0.000000151. The Bertz CT molecular complexity index is 7120. The predicted molar refractivity (Wildman–Crippen MR) is 554 cm³/mol. The zero-order chi connectivity index (χ0) is 91.7. The molecular formula is C118H122Ir2N8O2Si2-4. The van der Waals surface area contributed by atoms with Gasteiger partial charge >= 0.3 is 0 Å². The van der Waals surface area contributed by atoms with Crippen LogP contribution in [0.4, 0.5) is 0 Å². The molecule has 0 fully saturated rings. The van der Waals surface area contributed by atoms with E-state index in [4.69, 9.17) is 28.8 Å². The maximum absolute atomic E-state index is 6.59. The molecule has 10 nitrogen and oxygen atoms in total. The van der Waals surface area contributed by atoms with Crippen LogP contribution < -0.4 is 10.4 Å². The Morgan fingerprint density at radius 2 is 0.712 bits per heavy atom. The number of para-hydroxylation sites is 4. The average molecular weight is 2120 g/mol. The van der Waals surface area contributed by atoms with E-state index in [-0.39, 0.29) is 63.9 Å². The maximum Gasteiger partial charge on any atom is 0.216 e. The molecule has 8 aromatic heterocycles. The second-order valence-corrected chi connectivity index (χ2v) is 49.7. The minimum atomic E-state index is -1.34. The fourth-order valence-electron chi connectivity index (χ4n) is 18.0. The molecule has 14 heteroatoms. The average Bonchev–Trinajstić information content (AvgIpc) is 1.54. The Labute approximate surface area is 810 Å². The van der Waals surface area contributed by atoms with Crippen molar-refractivity contribution < 1.29 is 49.0 Å². The first kappa shape index (κ1) is 96.6. The molecule has 0 aliphatic rings. The van der Waals surface area contributed by atoms with E-state index >= 15 is 0 Å². The quantitative estimate of drug-likeness (QED) is 0.0548. The van der Waals surface area contributed by atoms with E-state index < -0.39 is 16.1 Å². The van der Waals surface area contributed by atoms with Crippen LogP contribution >= 0.6 is 0 Å². The second kappa shape index (κ2) is 41.0. The minimum Gasteiger partial charge on any atom is -0.486 e. The number of nitrogens with zero attached hydrogens (tertiary/aromatic N) is 8. The van der Waals surface area contributed by atoms with Crippen molar-refractivity contribution in [1.82, 2.24) is 39.0 Å². The summed E-state index contributed by atoms with van der Waals surface area (Å²) in [5, 5.41) is 9.55. The molecule has 676 valence electrons. The molecule has 0 atom stereocenters. The van der Waals surface area contributed by atoms with Crippen LogP contribution in [0.3, 0.4) is 0 Å². The number of imidazole rings is 2. The van der Waals surface area contributed by atoms with Crippen LogP contribution in [-0.2, 0) is 53.1 Å². The van der Waals surface area contributed by atoms with Gasteiger partial charge in [0, 0.05) is 86.1 Å². The molecule has 0 unspecified atom stereocenters. The first-order valence-corrected chi connectivity index (χ1v) is 53.6. The zero-order valence-electron chi connectivity index (χ0n) is 80.5. The number of furan rings is 2. The molecule has 0 spiro atoms. The van der Waals surface area contributed by atoms with E-state index in [9.17, 15) is 0 Å². The summed E-state index contributed by atoms with van der Waals surface area (Å²) in [7, 11) is -2.68. The summed E-state index contributed by atoms with van der Waals surface area (Å²) in [5.41, 5.74) is 30.2. The second-order valence-electron chi connectivity index (χ2n) is 39.7. The van der Waals surface area contributed by atoms with Crippen LogP contribution in [0.5, 0.6) is 0 Å². The number of fused-ring (bicyclic) bond motifs is 9. The third-order valence-electron chi connectivity index (χ3n) is 24.7. The molecule has 0 N–H and O–H groups in total. The molecule has 2 radical (unpaired) electrons.